The number of carbonyl (C=O) groups is 2. The van der Waals surface area contributed by atoms with Crippen LogP contribution in [-0.2, 0) is 4.74 Å². The quantitative estimate of drug-likeness (QED) is 0.875. The van der Waals surface area contributed by atoms with Gasteiger partial charge in [-0.1, -0.05) is 0 Å². The molecule has 24 heavy (non-hydrogen) atoms. The first-order valence-corrected chi connectivity index (χ1v) is 7.61. The van der Waals surface area contributed by atoms with Crippen molar-refractivity contribution in [2.75, 3.05) is 31.4 Å². The zero-order valence-electron chi connectivity index (χ0n) is 14.6. The number of aryl methyl sites for hydroxylation is 2. The molecule has 0 spiro atoms. The number of esters is 1. The van der Waals surface area contributed by atoms with Crippen molar-refractivity contribution in [3.8, 4) is 0 Å². The summed E-state index contributed by atoms with van der Waals surface area (Å²) in [6.45, 7) is 3.81. The van der Waals surface area contributed by atoms with Gasteiger partial charge < -0.3 is 15.0 Å². The summed E-state index contributed by atoms with van der Waals surface area (Å²) in [5.41, 5.74) is 4.62. The number of benzene rings is 2. The standard InChI is InChI=1S/C19H22N2O3/c1-12-10-15(19(23)24-5)6-8-16(12)20-18(22)14-7-9-17(21(3)4)13(2)11-14/h6-11H,1-5H3,(H,20,22). The molecular formula is C19H22N2O3. The Morgan fingerprint density at radius 3 is 2.12 bits per heavy atom. The fourth-order valence-corrected chi connectivity index (χ4v) is 2.54. The van der Waals surface area contributed by atoms with Crippen LogP contribution in [0.3, 0.4) is 0 Å². The van der Waals surface area contributed by atoms with E-state index in [-0.39, 0.29) is 5.91 Å². The van der Waals surface area contributed by atoms with Crippen LogP contribution in [0.15, 0.2) is 36.4 Å². The van der Waals surface area contributed by atoms with Gasteiger partial charge in [0.15, 0.2) is 0 Å². The first-order chi connectivity index (χ1) is 11.3. The fraction of sp³-hybridized carbons (Fsp3) is 0.263. The molecule has 0 radical (unpaired) electrons. The van der Waals surface area contributed by atoms with Gasteiger partial charge in [-0.25, -0.2) is 4.79 Å². The maximum Gasteiger partial charge on any atom is 0.337 e. The molecule has 1 amide bonds. The first kappa shape index (κ1) is 17.5. The number of methoxy groups -OCH3 is 1. The summed E-state index contributed by atoms with van der Waals surface area (Å²) in [5, 5.41) is 2.88. The summed E-state index contributed by atoms with van der Waals surface area (Å²) >= 11 is 0. The zero-order valence-corrected chi connectivity index (χ0v) is 14.6. The van der Waals surface area contributed by atoms with Gasteiger partial charge in [-0.3, -0.25) is 4.79 Å². The molecule has 5 heteroatoms. The van der Waals surface area contributed by atoms with Crippen LogP contribution in [0.25, 0.3) is 0 Å². The van der Waals surface area contributed by atoms with Gasteiger partial charge in [-0.15, -0.1) is 0 Å². The van der Waals surface area contributed by atoms with Crippen molar-refractivity contribution in [1.29, 1.82) is 0 Å². The van der Waals surface area contributed by atoms with Gasteiger partial charge in [-0.05, 0) is 61.4 Å². The normalized spacial score (nSPS) is 10.2. The first-order valence-electron chi connectivity index (χ1n) is 7.61. The Labute approximate surface area is 142 Å². The number of nitrogens with one attached hydrogen (secondary N) is 1. The third-order valence-corrected chi connectivity index (χ3v) is 3.84. The Morgan fingerprint density at radius 1 is 0.958 bits per heavy atom. The van der Waals surface area contributed by atoms with E-state index in [1.165, 1.54) is 7.11 Å². The van der Waals surface area contributed by atoms with Crippen LogP contribution in [-0.4, -0.2) is 33.1 Å². The molecular weight excluding hydrogens is 304 g/mol. The number of hydrogen-bond donors (Lipinski definition) is 1. The number of nitrogens with zero attached hydrogens (tertiary/aromatic N) is 1. The SMILES string of the molecule is COC(=O)c1ccc(NC(=O)c2ccc(N(C)C)c(C)c2)c(C)c1. The number of anilines is 2. The van der Waals surface area contributed by atoms with Crippen LogP contribution in [0.4, 0.5) is 11.4 Å². The van der Waals surface area contributed by atoms with Gasteiger partial charge in [0.05, 0.1) is 12.7 Å². The third kappa shape index (κ3) is 3.74. The number of hydrogen-bond acceptors (Lipinski definition) is 4. The van der Waals surface area contributed by atoms with Crippen LogP contribution in [0.2, 0.25) is 0 Å². The molecule has 2 aromatic rings. The summed E-state index contributed by atoms with van der Waals surface area (Å²) < 4.78 is 4.69. The van der Waals surface area contributed by atoms with Gasteiger partial charge in [0.2, 0.25) is 0 Å². The molecule has 0 aromatic heterocycles. The summed E-state index contributed by atoms with van der Waals surface area (Å²) in [6, 6.07) is 10.6. The molecule has 126 valence electrons. The fourth-order valence-electron chi connectivity index (χ4n) is 2.54. The van der Waals surface area contributed by atoms with Gasteiger partial charge in [-0.2, -0.15) is 0 Å². The van der Waals surface area contributed by atoms with Gasteiger partial charge >= 0.3 is 5.97 Å². The van der Waals surface area contributed by atoms with Gasteiger partial charge in [0.25, 0.3) is 5.91 Å². The maximum absolute atomic E-state index is 12.5. The Balaban J connectivity index is 2.21. The highest BCUT2D eigenvalue weighted by Crippen LogP contribution is 2.21. The lowest BCUT2D eigenvalue weighted by Gasteiger charge is -2.16. The van der Waals surface area contributed by atoms with Gasteiger partial charge in [0, 0.05) is 31.0 Å². The zero-order chi connectivity index (χ0) is 17.9. The smallest absolute Gasteiger partial charge is 0.337 e. The summed E-state index contributed by atoms with van der Waals surface area (Å²) in [6.07, 6.45) is 0. The second-order valence-corrected chi connectivity index (χ2v) is 5.87. The second-order valence-electron chi connectivity index (χ2n) is 5.87. The molecule has 5 nitrogen and oxygen atoms in total. The minimum absolute atomic E-state index is 0.183. The van der Waals surface area contributed by atoms with Gasteiger partial charge in [0.1, 0.15) is 0 Å². The number of rotatable bonds is 4. The van der Waals surface area contributed by atoms with E-state index >= 15 is 0 Å². The Bertz CT molecular complexity index is 782. The summed E-state index contributed by atoms with van der Waals surface area (Å²) in [5.74, 6) is -0.580. The molecule has 2 rings (SSSR count). The van der Waals surface area contributed by atoms with E-state index in [0.29, 0.717) is 16.8 Å². The minimum atomic E-state index is -0.397. The lowest BCUT2D eigenvalue weighted by molar-refractivity contribution is 0.0600. The molecule has 0 aliphatic carbocycles. The number of ether oxygens (including phenoxy) is 1. The molecule has 1 N–H and O–H groups in total. The molecule has 0 aliphatic heterocycles. The average Bonchev–Trinajstić information content (AvgIpc) is 2.55. The van der Waals surface area contributed by atoms with E-state index in [1.54, 1.807) is 24.3 Å². The van der Waals surface area contributed by atoms with Crippen LogP contribution >= 0.6 is 0 Å². The van der Waals surface area contributed by atoms with Crippen molar-refractivity contribution < 1.29 is 14.3 Å². The lowest BCUT2D eigenvalue weighted by Crippen LogP contribution is -2.15. The second kappa shape index (κ2) is 7.17. The topological polar surface area (TPSA) is 58.6 Å². The molecule has 0 fully saturated rings. The van der Waals surface area contributed by atoms with Crippen LogP contribution < -0.4 is 10.2 Å². The highest BCUT2D eigenvalue weighted by Gasteiger charge is 2.12. The summed E-state index contributed by atoms with van der Waals surface area (Å²) in [4.78, 5) is 26.0. The molecule has 2 aromatic carbocycles. The van der Waals surface area contributed by atoms with Crippen LogP contribution in [0, 0.1) is 13.8 Å². The third-order valence-electron chi connectivity index (χ3n) is 3.84. The van der Waals surface area contributed by atoms with E-state index in [0.717, 1.165) is 16.8 Å². The highest BCUT2D eigenvalue weighted by atomic mass is 16.5. The number of amides is 1. The summed E-state index contributed by atoms with van der Waals surface area (Å²) in [7, 11) is 5.27. The largest absolute Gasteiger partial charge is 0.465 e. The maximum atomic E-state index is 12.5. The molecule has 0 saturated heterocycles. The van der Waals surface area contributed by atoms with Crippen molar-refractivity contribution in [2.45, 2.75) is 13.8 Å². The molecule has 0 aliphatic rings. The van der Waals surface area contributed by atoms with Crippen molar-refractivity contribution in [3.05, 3.63) is 58.7 Å². The van der Waals surface area contributed by atoms with E-state index < -0.39 is 5.97 Å². The van der Waals surface area contributed by atoms with E-state index in [1.807, 2.05) is 45.0 Å². The van der Waals surface area contributed by atoms with Crippen molar-refractivity contribution in [2.24, 2.45) is 0 Å². The Hall–Kier alpha value is -2.82. The van der Waals surface area contributed by atoms with Crippen LogP contribution in [0.5, 0.6) is 0 Å². The van der Waals surface area contributed by atoms with Crippen LogP contribution in [0.1, 0.15) is 31.8 Å². The Kier molecular flexibility index (Phi) is 5.24. The van der Waals surface area contributed by atoms with Crippen molar-refractivity contribution in [3.63, 3.8) is 0 Å². The molecule has 0 heterocycles. The number of carbonyl (C=O) groups excluding carboxylic acids is 2. The van der Waals surface area contributed by atoms with E-state index in [4.69, 9.17) is 4.74 Å². The Morgan fingerprint density at radius 2 is 1.58 bits per heavy atom. The molecule has 0 bridgehead atoms. The molecule has 0 unspecified atom stereocenters. The monoisotopic (exact) mass is 326 g/mol. The predicted octanol–water partition coefficient (Wildman–Crippen LogP) is 3.41. The van der Waals surface area contributed by atoms with E-state index in [2.05, 4.69) is 5.32 Å². The van der Waals surface area contributed by atoms with Crippen molar-refractivity contribution in [1.82, 2.24) is 0 Å². The molecule has 0 saturated carbocycles. The average molecular weight is 326 g/mol. The highest BCUT2D eigenvalue weighted by molar-refractivity contribution is 6.05. The molecule has 0 atom stereocenters. The predicted molar refractivity (Wildman–Crippen MR) is 96.0 cm³/mol. The minimum Gasteiger partial charge on any atom is -0.465 e. The lowest BCUT2D eigenvalue weighted by atomic mass is 10.1. The van der Waals surface area contributed by atoms with E-state index in [9.17, 15) is 9.59 Å². The van der Waals surface area contributed by atoms with Crippen molar-refractivity contribution >= 4 is 23.3 Å².